The molecule has 1 fully saturated rings. The van der Waals surface area contributed by atoms with Crippen molar-refractivity contribution < 1.29 is 14.3 Å². The van der Waals surface area contributed by atoms with E-state index in [1.54, 1.807) is 18.2 Å². The molecule has 2 rings (SSSR count). The molecule has 5 heteroatoms. The average molecular weight is 220 g/mol. The van der Waals surface area contributed by atoms with E-state index < -0.39 is 0 Å². The Balaban J connectivity index is 2.41. The number of hydrogen-bond acceptors (Lipinski definition) is 4. The second-order valence-corrected chi connectivity index (χ2v) is 3.45. The van der Waals surface area contributed by atoms with Gasteiger partial charge in [0, 0.05) is 6.54 Å². The molecule has 1 aliphatic heterocycles. The molecule has 2 N–H and O–H groups in total. The number of carbonyl (C=O) groups excluding carboxylic acids is 2. The maximum atomic E-state index is 11.6. The Kier molecular flexibility index (Phi) is 2.98. The van der Waals surface area contributed by atoms with Crippen LogP contribution in [0.1, 0.15) is 5.56 Å². The first-order chi connectivity index (χ1) is 7.74. The number of amides is 2. The molecule has 1 aliphatic rings. The van der Waals surface area contributed by atoms with Crippen LogP contribution in [-0.4, -0.2) is 25.0 Å². The summed E-state index contributed by atoms with van der Waals surface area (Å²) in [7, 11) is 0. The third kappa shape index (κ3) is 1.82. The van der Waals surface area contributed by atoms with Crippen LogP contribution in [-0.2, 0) is 20.9 Å². The molecule has 1 heterocycles. The number of carbonyl (C=O) groups is 2. The van der Waals surface area contributed by atoms with Crippen molar-refractivity contribution in [2.75, 3.05) is 18.1 Å². The van der Waals surface area contributed by atoms with Gasteiger partial charge in [0.05, 0.1) is 5.69 Å². The Morgan fingerprint density at radius 3 is 2.44 bits per heavy atom. The Labute approximate surface area is 92.8 Å². The van der Waals surface area contributed by atoms with Gasteiger partial charge in [-0.15, -0.1) is 0 Å². The molecule has 0 aromatic heterocycles. The van der Waals surface area contributed by atoms with Crippen LogP contribution in [0, 0.1) is 0 Å². The minimum Gasteiger partial charge on any atom is -0.362 e. The van der Waals surface area contributed by atoms with Crippen molar-refractivity contribution in [3.05, 3.63) is 29.8 Å². The van der Waals surface area contributed by atoms with Crippen molar-refractivity contribution in [2.24, 2.45) is 5.73 Å². The molecular weight excluding hydrogens is 208 g/mol. The van der Waals surface area contributed by atoms with Gasteiger partial charge in [0.2, 0.25) is 0 Å². The van der Waals surface area contributed by atoms with Gasteiger partial charge in [0.25, 0.3) is 11.8 Å². The highest BCUT2D eigenvalue weighted by Gasteiger charge is 2.29. The number of rotatable bonds is 2. The maximum absolute atomic E-state index is 11.6. The molecule has 1 aromatic carbocycles. The fourth-order valence-corrected chi connectivity index (χ4v) is 1.66. The zero-order chi connectivity index (χ0) is 11.5. The highest BCUT2D eigenvalue weighted by molar-refractivity contribution is 6.17. The fraction of sp³-hybridized carbons (Fsp3) is 0.273. The Morgan fingerprint density at radius 1 is 1.19 bits per heavy atom. The van der Waals surface area contributed by atoms with Crippen molar-refractivity contribution >= 4 is 17.5 Å². The first-order valence-corrected chi connectivity index (χ1v) is 4.95. The Hall–Kier alpha value is -1.72. The maximum Gasteiger partial charge on any atom is 0.259 e. The molecule has 0 atom stereocenters. The smallest absolute Gasteiger partial charge is 0.259 e. The van der Waals surface area contributed by atoms with Crippen LogP contribution in [0.5, 0.6) is 0 Å². The van der Waals surface area contributed by atoms with Crippen LogP contribution in [0.15, 0.2) is 24.3 Å². The monoisotopic (exact) mass is 220 g/mol. The zero-order valence-electron chi connectivity index (χ0n) is 8.68. The van der Waals surface area contributed by atoms with Crippen LogP contribution in [0.2, 0.25) is 0 Å². The van der Waals surface area contributed by atoms with Crippen LogP contribution in [0.25, 0.3) is 0 Å². The van der Waals surface area contributed by atoms with E-state index in [-0.39, 0.29) is 31.6 Å². The Bertz CT molecular complexity index is 415. The van der Waals surface area contributed by atoms with E-state index in [0.29, 0.717) is 5.69 Å². The number of benzene rings is 1. The van der Waals surface area contributed by atoms with Gasteiger partial charge in [-0.05, 0) is 11.6 Å². The third-order valence-corrected chi connectivity index (χ3v) is 2.40. The number of hydrogen-bond donors (Lipinski definition) is 1. The van der Waals surface area contributed by atoms with E-state index in [0.717, 1.165) is 10.5 Å². The molecule has 16 heavy (non-hydrogen) atoms. The molecule has 0 radical (unpaired) electrons. The van der Waals surface area contributed by atoms with Crippen molar-refractivity contribution in [3.63, 3.8) is 0 Å². The molecule has 0 unspecified atom stereocenters. The second kappa shape index (κ2) is 4.42. The first-order valence-electron chi connectivity index (χ1n) is 4.95. The largest absolute Gasteiger partial charge is 0.362 e. The lowest BCUT2D eigenvalue weighted by Gasteiger charge is -2.26. The quantitative estimate of drug-likeness (QED) is 0.714. The van der Waals surface area contributed by atoms with E-state index in [1.165, 1.54) is 0 Å². The normalized spacial score (nSPS) is 16.7. The van der Waals surface area contributed by atoms with E-state index in [2.05, 4.69) is 0 Å². The topological polar surface area (TPSA) is 72.6 Å². The molecule has 1 saturated heterocycles. The lowest BCUT2D eigenvalue weighted by atomic mass is 10.1. The van der Waals surface area contributed by atoms with E-state index in [4.69, 9.17) is 10.5 Å². The van der Waals surface area contributed by atoms with Gasteiger partial charge in [-0.25, -0.2) is 4.90 Å². The van der Waals surface area contributed by atoms with E-state index in [1.807, 2.05) is 6.07 Å². The van der Waals surface area contributed by atoms with Gasteiger partial charge in [-0.1, -0.05) is 18.2 Å². The summed E-state index contributed by atoms with van der Waals surface area (Å²) in [5.41, 5.74) is 6.90. The number of nitrogens with two attached hydrogens (primary N) is 1. The number of imide groups is 1. The van der Waals surface area contributed by atoms with Crippen molar-refractivity contribution in [1.82, 2.24) is 0 Å². The molecule has 0 saturated carbocycles. The molecule has 2 amide bonds. The molecule has 84 valence electrons. The predicted octanol–water partition coefficient (Wildman–Crippen LogP) is 0.0351. The summed E-state index contributed by atoms with van der Waals surface area (Å²) >= 11 is 0. The van der Waals surface area contributed by atoms with E-state index >= 15 is 0 Å². The second-order valence-electron chi connectivity index (χ2n) is 3.45. The summed E-state index contributed by atoms with van der Waals surface area (Å²) in [6.07, 6.45) is 0. The highest BCUT2D eigenvalue weighted by atomic mass is 16.5. The molecule has 5 nitrogen and oxygen atoms in total. The minimum absolute atomic E-state index is 0.0648. The lowest BCUT2D eigenvalue weighted by molar-refractivity contribution is -0.138. The van der Waals surface area contributed by atoms with E-state index in [9.17, 15) is 9.59 Å². The fourth-order valence-electron chi connectivity index (χ4n) is 1.66. The number of anilines is 1. The van der Waals surface area contributed by atoms with Crippen LogP contribution >= 0.6 is 0 Å². The summed E-state index contributed by atoms with van der Waals surface area (Å²) in [6, 6.07) is 7.10. The van der Waals surface area contributed by atoms with Gasteiger partial charge in [0.1, 0.15) is 13.2 Å². The molecule has 0 spiro atoms. The number of nitrogens with zero attached hydrogens (tertiary/aromatic N) is 1. The highest BCUT2D eigenvalue weighted by Crippen LogP contribution is 2.21. The van der Waals surface area contributed by atoms with Crippen LogP contribution in [0.4, 0.5) is 5.69 Å². The zero-order valence-corrected chi connectivity index (χ0v) is 8.68. The number of morpholine rings is 1. The molecular formula is C11H12N2O3. The van der Waals surface area contributed by atoms with Crippen molar-refractivity contribution in [1.29, 1.82) is 0 Å². The van der Waals surface area contributed by atoms with Gasteiger partial charge in [0.15, 0.2) is 0 Å². The molecule has 0 aliphatic carbocycles. The van der Waals surface area contributed by atoms with Gasteiger partial charge in [-0.3, -0.25) is 9.59 Å². The van der Waals surface area contributed by atoms with Gasteiger partial charge in [-0.2, -0.15) is 0 Å². The summed E-state index contributed by atoms with van der Waals surface area (Å²) in [5, 5.41) is 0. The molecule has 0 bridgehead atoms. The number of para-hydroxylation sites is 1. The first kappa shape index (κ1) is 10.8. The van der Waals surface area contributed by atoms with Gasteiger partial charge >= 0.3 is 0 Å². The summed E-state index contributed by atoms with van der Waals surface area (Å²) in [4.78, 5) is 24.4. The van der Waals surface area contributed by atoms with Crippen molar-refractivity contribution in [3.8, 4) is 0 Å². The summed E-state index contributed by atoms with van der Waals surface area (Å²) < 4.78 is 4.85. The molecule has 1 aromatic rings. The summed E-state index contributed by atoms with van der Waals surface area (Å²) in [6.45, 7) is 0.156. The van der Waals surface area contributed by atoms with Crippen LogP contribution in [0.3, 0.4) is 0 Å². The van der Waals surface area contributed by atoms with Gasteiger partial charge < -0.3 is 10.5 Å². The standard InChI is InChI=1S/C11H12N2O3/c12-5-8-3-1-2-4-9(8)13-10(14)6-16-7-11(13)15/h1-4H,5-7,12H2. The van der Waals surface area contributed by atoms with Crippen molar-refractivity contribution in [2.45, 2.75) is 6.54 Å². The Morgan fingerprint density at radius 2 is 1.81 bits per heavy atom. The summed E-state index contributed by atoms with van der Waals surface area (Å²) in [5.74, 6) is -0.700. The number of ether oxygens (including phenoxy) is 1. The van der Waals surface area contributed by atoms with Crippen LogP contribution < -0.4 is 10.6 Å². The third-order valence-electron chi connectivity index (χ3n) is 2.40. The average Bonchev–Trinajstić information content (AvgIpc) is 2.29. The SMILES string of the molecule is NCc1ccccc1N1C(=O)COCC1=O. The minimum atomic E-state index is -0.350. The predicted molar refractivity (Wildman–Crippen MR) is 57.6 cm³/mol. The lowest BCUT2D eigenvalue weighted by Crippen LogP contribution is -2.46.